The lowest BCUT2D eigenvalue weighted by molar-refractivity contribution is 0.427. The van der Waals surface area contributed by atoms with E-state index in [0.717, 1.165) is 12.8 Å². The highest BCUT2D eigenvalue weighted by atomic mass is 35.5. The summed E-state index contributed by atoms with van der Waals surface area (Å²) in [4.78, 5) is 0. The van der Waals surface area contributed by atoms with Crippen molar-refractivity contribution in [2.75, 3.05) is 0 Å². The molecular formula is C11H13ClFNO. The minimum atomic E-state index is -0.619. The van der Waals surface area contributed by atoms with E-state index in [1.165, 1.54) is 12.1 Å². The molecule has 0 bridgehead atoms. The first-order valence-corrected chi connectivity index (χ1v) is 5.34. The highest BCUT2D eigenvalue weighted by molar-refractivity contribution is 6.31. The molecule has 82 valence electrons. The molecule has 1 saturated carbocycles. The van der Waals surface area contributed by atoms with Gasteiger partial charge in [0.25, 0.3) is 0 Å². The number of phenolic OH excluding ortho intramolecular Hbond substituents is 1. The van der Waals surface area contributed by atoms with Crippen LogP contribution in [0.15, 0.2) is 12.1 Å². The number of hydrogen-bond acceptors (Lipinski definition) is 2. The van der Waals surface area contributed by atoms with Gasteiger partial charge < -0.3 is 10.8 Å². The lowest BCUT2D eigenvalue weighted by atomic mass is 10.0. The molecule has 0 unspecified atom stereocenters. The molecule has 0 aromatic heterocycles. The molecule has 15 heavy (non-hydrogen) atoms. The molecule has 2 rings (SSSR count). The van der Waals surface area contributed by atoms with Gasteiger partial charge in [0.15, 0.2) is 11.6 Å². The maximum Gasteiger partial charge on any atom is 0.169 e. The van der Waals surface area contributed by atoms with Gasteiger partial charge in [-0.2, -0.15) is 0 Å². The van der Waals surface area contributed by atoms with Crippen LogP contribution in [0.2, 0.25) is 5.02 Å². The molecule has 0 amide bonds. The second-order valence-electron chi connectivity index (χ2n) is 4.22. The van der Waals surface area contributed by atoms with Crippen molar-refractivity contribution in [3.63, 3.8) is 0 Å². The van der Waals surface area contributed by atoms with E-state index in [1.54, 1.807) is 0 Å². The highest BCUT2D eigenvalue weighted by Gasteiger charge is 2.37. The van der Waals surface area contributed by atoms with Crippen LogP contribution in [-0.2, 0) is 6.42 Å². The van der Waals surface area contributed by atoms with Gasteiger partial charge >= 0.3 is 0 Å². The molecule has 0 spiro atoms. The highest BCUT2D eigenvalue weighted by Crippen LogP contribution is 2.38. The molecule has 3 N–H and O–H groups in total. The molecule has 0 aliphatic heterocycles. The number of hydrogen-bond donors (Lipinski definition) is 2. The lowest BCUT2D eigenvalue weighted by Crippen LogP contribution is -2.22. The zero-order valence-electron chi connectivity index (χ0n) is 8.26. The smallest absolute Gasteiger partial charge is 0.169 e. The summed E-state index contributed by atoms with van der Waals surface area (Å²) in [6, 6.07) is 2.77. The van der Waals surface area contributed by atoms with Crippen LogP contribution in [0.3, 0.4) is 0 Å². The Balaban J connectivity index is 2.16. The Hall–Kier alpha value is -0.800. The van der Waals surface area contributed by atoms with E-state index >= 15 is 0 Å². The summed E-state index contributed by atoms with van der Waals surface area (Å²) in [7, 11) is 0. The molecule has 1 aliphatic carbocycles. The molecular weight excluding hydrogens is 217 g/mol. The molecule has 0 saturated heterocycles. The zero-order valence-corrected chi connectivity index (χ0v) is 9.02. The number of halogens is 2. The number of phenols is 1. The minimum absolute atomic E-state index is 0.124. The molecule has 0 atom stereocenters. The Morgan fingerprint density at radius 2 is 2.13 bits per heavy atom. The molecule has 1 aliphatic rings. The summed E-state index contributed by atoms with van der Waals surface area (Å²) in [6.07, 6.45) is 3.18. The van der Waals surface area contributed by atoms with Gasteiger partial charge in [-0.05, 0) is 37.8 Å². The van der Waals surface area contributed by atoms with Gasteiger partial charge in [0.2, 0.25) is 0 Å². The Labute approximate surface area is 92.9 Å². The summed E-state index contributed by atoms with van der Waals surface area (Å²) in [5.74, 6) is -0.969. The van der Waals surface area contributed by atoms with E-state index in [9.17, 15) is 9.50 Å². The molecule has 4 heteroatoms. The normalized spacial score (nSPS) is 17.8. The van der Waals surface area contributed by atoms with E-state index in [1.807, 2.05) is 0 Å². The first-order valence-electron chi connectivity index (χ1n) is 4.97. The summed E-state index contributed by atoms with van der Waals surface area (Å²) < 4.78 is 13.5. The third-order valence-electron chi connectivity index (χ3n) is 2.93. The van der Waals surface area contributed by atoms with Crippen LogP contribution in [-0.4, -0.2) is 10.6 Å². The van der Waals surface area contributed by atoms with Gasteiger partial charge in [0.1, 0.15) is 0 Å². The fourth-order valence-corrected chi connectivity index (χ4v) is 1.84. The van der Waals surface area contributed by atoms with Crippen molar-refractivity contribution in [2.45, 2.75) is 31.2 Å². The van der Waals surface area contributed by atoms with Crippen molar-refractivity contribution < 1.29 is 9.50 Å². The summed E-state index contributed by atoms with van der Waals surface area (Å²) in [6.45, 7) is 0. The van der Waals surface area contributed by atoms with Gasteiger partial charge in [-0.1, -0.05) is 11.6 Å². The van der Waals surface area contributed by atoms with Crippen LogP contribution in [0.1, 0.15) is 24.8 Å². The van der Waals surface area contributed by atoms with Crippen LogP contribution in [0.25, 0.3) is 0 Å². The second-order valence-corrected chi connectivity index (χ2v) is 4.63. The van der Waals surface area contributed by atoms with Crippen LogP contribution >= 0.6 is 11.6 Å². The van der Waals surface area contributed by atoms with E-state index < -0.39 is 5.82 Å². The second kappa shape index (κ2) is 3.65. The van der Waals surface area contributed by atoms with Gasteiger partial charge in [-0.25, -0.2) is 4.39 Å². The topological polar surface area (TPSA) is 46.2 Å². The molecule has 1 aromatic rings. The van der Waals surface area contributed by atoms with Crippen LogP contribution in [0.4, 0.5) is 4.39 Å². The Bertz CT molecular complexity index is 390. The van der Waals surface area contributed by atoms with Crippen molar-refractivity contribution in [3.05, 3.63) is 28.5 Å². The fourth-order valence-electron chi connectivity index (χ4n) is 1.60. The maximum atomic E-state index is 13.5. The Kier molecular flexibility index (Phi) is 2.61. The van der Waals surface area contributed by atoms with E-state index in [-0.39, 0.29) is 11.3 Å². The fraction of sp³-hybridized carbons (Fsp3) is 0.455. The van der Waals surface area contributed by atoms with Gasteiger partial charge in [-0.3, -0.25) is 0 Å². The third-order valence-corrected chi connectivity index (χ3v) is 3.28. The summed E-state index contributed by atoms with van der Waals surface area (Å²) in [5.41, 5.74) is 6.15. The first-order chi connectivity index (χ1) is 7.02. The van der Waals surface area contributed by atoms with Crippen molar-refractivity contribution in [2.24, 2.45) is 5.73 Å². The largest absolute Gasteiger partial charge is 0.505 e. The molecule has 0 heterocycles. The molecule has 1 fully saturated rings. The first kappa shape index (κ1) is 10.7. The average Bonchev–Trinajstić information content (AvgIpc) is 2.91. The quantitative estimate of drug-likeness (QED) is 0.837. The van der Waals surface area contributed by atoms with Crippen LogP contribution in [0.5, 0.6) is 5.75 Å². The van der Waals surface area contributed by atoms with Crippen LogP contribution < -0.4 is 5.73 Å². The van der Waals surface area contributed by atoms with E-state index in [0.29, 0.717) is 23.4 Å². The number of nitrogens with two attached hydrogens (primary N) is 1. The SMILES string of the molecule is NC1(CCc2c(Cl)ccc(O)c2F)CC1. The molecule has 1 aromatic carbocycles. The lowest BCUT2D eigenvalue weighted by Gasteiger charge is -2.10. The van der Waals surface area contributed by atoms with Crippen molar-refractivity contribution in [3.8, 4) is 5.75 Å². The molecule has 2 nitrogen and oxygen atoms in total. The average molecular weight is 230 g/mol. The standard InChI is InChI=1S/C11H13ClFNO/c12-8-1-2-9(15)10(13)7(8)3-4-11(14)5-6-11/h1-2,15H,3-6,14H2. The predicted octanol–water partition coefficient (Wildman–Crippen LogP) is 2.61. The monoisotopic (exact) mass is 229 g/mol. The number of rotatable bonds is 3. The summed E-state index contributed by atoms with van der Waals surface area (Å²) in [5, 5.41) is 9.56. The molecule has 0 radical (unpaired) electrons. The van der Waals surface area contributed by atoms with E-state index in [4.69, 9.17) is 17.3 Å². The Morgan fingerprint density at radius 3 is 2.73 bits per heavy atom. The number of aromatic hydroxyl groups is 1. The van der Waals surface area contributed by atoms with E-state index in [2.05, 4.69) is 0 Å². The third kappa shape index (κ3) is 2.24. The predicted molar refractivity (Wildman–Crippen MR) is 57.5 cm³/mol. The Morgan fingerprint density at radius 1 is 1.47 bits per heavy atom. The van der Waals surface area contributed by atoms with Gasteiger partial charge in [0.05, 0.1) is 0 Å². The van der Waals surface area contributed by atoms with Crippen molar-refractivity contribution in [1.82, 2.24) is 0 Å². The zero-order chi connectivity index (χ0) is 11.1. The van der Waals surface area contributed by atoms with Crippen molar-refractivity contribution >= 4 is 11.6 Å². The van der Waals surface area contributed by atoms with Crippen molar-refractivity contribution in [1.29, 1.82) is 0 Å². The van der Waals surface area contributed by atoms with Gasteiger partial charge in [0, 0.05) is 16.1 Å². The minimum Gasteiger partial charge on any atom is -0.505 e. The summed E-state index contributed by atoms with van der Waals surface area (Å²) >= 11 is 5.86. The number of benzene rings is 1. The van der Waals surface area contributed by atoms with Crippen LogP contribution in [0, 0.1) is 5.82 Å². The maximum absolute atomic E-state index is 13.5. The van der Waals surface area contributed by atoms with Gasteiger partial charge in [-0.15, -0.1) is 0 Å².